The number of aliphatic hydroxyl groups is 1. The lowest BCUT2D eigenvalue weighted by atomic mass is 9.83. The number of hydrogen-bond acceptors (Lipinski definition) is 4. The highest BCUT2D eigenvalue weighted by atomic mass is 16.6. The molecule has 2 unspecified atom stereocenters. The van der Waals surface area contributed by atoms with Gasteiger partial charge in [-0.25, -0.2) is 4.79 Å². The first kappa shape index (κ1) is 18.6. The van der Waals surface area contributed by atoms with Gasteiger partial charge in [0, 0.05) is 12.5 Å². The number of nitrogens with zero attached hydrogens (tertiary/aromatic N) is 1. The number of amides is 1. The fourth-order valence-corrected chi connectivity index (χ4v) is 5.41. The number of benzene rings is 2. The van der Waals surface area contributed by atoms with Gasteiger partial charge in [-0.15, -0.1) is 0 Å². The first-order valence-electron chi connectivity index (χ1n) is 10.6. The Balaban J connectivity index is 1.31. The molecule has 2 heterocycles. The highest BCUT2D eigenvalue weighted by Gasteiger charge is 2.42. The number of ether oxygens (including phenoxy) is 2. The largest absolute Gasteiger partial charge is 0.448 e. The molecule has 29 heavy (non-hydrogen) atoms. The standard InChI is InChI=1S/C24H27NO4/c26-10-9-16-11-17-13-28-14-18(12-16)25(17)24(27)29-15-23-21-7-3-1-5-19(21)20-6-2-4-8-22(20)23/h1-8,16-18,23,26H,9-15H2. The van der Waals surface area contributed by atoms with E-state index in [1.807, 2.05) is 17.0 Å². The van der Waals surface area contributed by atoms with Gasteiger partial charge in [-0.2, -0.15) is 0 Å². The molecular weight excluding hydrogens is 366 g/mol. The monoisotopic (exact) mass is 393 g/mol. The summed E-state index contributed by atoms with van der Waals surface area (Å²) in [5.41, 5.74) is 4.93. The van der Waals surface area contributed by atoms with Gasteiger partial charge in [0.15, 0.2) is 0 Å². The summed E-state index contributed by atoms with van der Waals surface area (Å²) in [5.74, 6) is 0.533. The first-order chi connectivity index (χ1) is 14.3. The van der Waals surface area contributed by atoms with Gasteiger partial charge >= 0.3 is 6.09 Å². The van der Waals surface area contributed by atoms with Crippen molar-refractivity contribution in [3.05, 3.63) is 59.7 Å². The molecule has 2 atom stereocenters. The minimum Gasteiger partial charge on any atom is -0.448 e. The van der Waals surface area contributed by atoms with Gasteiger partial charge < -0.3 is 14.6 Å². The molecule has 1 aliphatic carbocycles. The zero-order valence-electron chi connectivity index (χ0n) is 16.5. The molecular formula is C24H27NO4. The quantitative estimate of drug-likeness (QED) is 0.859. The molecule has 0 spiro atoms. The summed E-state index contributed by atoms with van der Waals surface area (Å²) in [5, 5.41) is 9.29. The topological polar surface area (TPSA) is 59.0 Å². The predicted molar refractivity (Wildman–Crippen MR) is 110 cm³/mol. The lowest BCUT2D eigenvalue weighted by Crippen LogP contribution is -2.59. The van der Waals surface area contributed by atoms with Crippen LogP contribution in [0.3, 0.4) is 0 Å². The van der Waals surface area contributed by atoms with E-state index in [1.165, 1.54) is 22.3 Å². The van der Waals surface area contributed by atoms with Crippen LogP contribution < -0.4 is 0 Å². The second-order valence-electron chi connectivity index (χ2n) is 8.41. The number of rotatable bonds is 4. The Morgan fingerprint density at radius 1 is 1.00 bits per heavy atom. The van der Waals surface area contributed by atoms with E-state index in [0.29, 0.717) is 25.7 Å². The summed E-state index contributed by atoms with van der Waals surface area (Å²) in [6.07, 6.45) is 2.32. The molecule has 2 aromatic rings. The molecule has 2 aromatic carbocycles. The summed E-state index contributed by atoms with van der Waals surface area (Å²) in [7, 11) is 0. The molecule has 5 nitrogen and oxygen atoms in total. The van der Waals surface area contributed by atoms with Gasteiger partial charge in [-0.05, 0) is 47.4 Å². The van der Waals surface area contributed by atoms with Gasteiger partial charge in [0.05, 0.1) is 25.3 Å². The third-order valence-corrected chi connectivity index (χ3v) is 6.70. The van der Waals surface area contributed by atoms with Crippen molar-refractivity contribution >= 4 is 6.09 Å². The van der Waals surface area contributed by atoms with Crippen molar-refractivity contribution in [3.8, 4) is 11.1 Å². The van der Waals surface area contributed by atoms with Crippen molar-refractivity contribution in [1.82, 2.24) is 4.90 Å². The number of hydrogen-bond donors (Lipinski definition) is 1. The maximum Gasteiger partial charge on any atom is 0.410 e. The average Bonchev–Trinajstić information content (AvgIpc) is 3.05. The molecule has 2 fully saturated rings. The van der Waals surface area contributed by atoms with E-state index in [2.05, 4.69) is 36.4 Å². The molecule has 0 aromatic heterocycles. The van der Waals surface area contributed by atoms with E-state index in [4.69, 9.17) is 9.47 Å². The number of aliphatic hydroxyl groups excluding tert-OH is 1. The maximum absolute atomic E-state index is 13.1. The molecule has 2 aliphatic heterocycles. The predicted octanol–water partition coefficient (Wildman–Crippen LogP) is 3.80. The number of morpholine rings is 1. The van der Waals surface area contributed by atoms with E-state index < -0.39 is 0 Å². The smallest absolute Gasteiger partial charge is 0.410 e. The molecule has 152 valence electrons. The van der Waals surface area contributed by atoms with Crippen molar-refractivity contribution in [2.75, 3.05) is 26.4 Å². The minimum absolute atomic E-state index is 0.0506. The van der Waals surface area contributed by atoms with Crippen LogP contribution in [-0.2, 0) is 9.47 Å². The fourth-order valence-electron chi connectivity index (χ4n) is 5.41. The van der Waals surface area contributed by atoms with Gasteiger partial charge in [0.1, 0.15) is 6.61 Å². The Morgan fingerprint density at radius 2 is 1.59 bits per heavy atom. The van der Waals surface area contributed by atoms with Gasteiger partial charge in [-0.1, -0.05) is 48.5 Å². The minimum atomic E-state index is -0.229. The van der Waals surface area contributed by atoms with Crippen LogP contribution in [0.1, 0.15) is 36.3 Å². The molecule has 5 heteroatoms. The summed E-state index contributed by atoms with van der Waals surface area (Å²) < 4.78 is 11.6. The number of carbonyl (C=O) groups is 1. The van der Waals surface area contributed by atoms with E-state index in [9.17, 15) is 9.90 Å². The van der Waals surface area contributed by atoms with Crippen LogP contribution in [0.25, 0.3) is 11.1 Å². The van der Waals surface area contributed by atoms with Gasteiger partial charge in [0.25, 0.3) is 0 Å². The fraction of sp³-hybridized carbons (Fsp3) is 0.458. The molecule has 1 amide bonds. The Bertz CT molecular complexity index is 838. The Labute approximate surface area is 171 Å². The molecule has 0 saturated carbocycles. The van der Waals surface area contributed by atoms with E-state index in [1.54, 1.807) is 0 Å². The average molecular weight is 393 g/mol. The lowest BCUT2D eigenvalue weighted by Gasteiger charge is -2.47. The Hall–Kier alpha value is -2.37. The van der Waals surface area contributed by atoms with Crippen molar-refractivity contribution < 1.29 is 19.4 Å². The van der Waals surface area contributed by atoms with E-state index >= 15 is 0 Å². The highest BCUT2D eigenvalue weighted by Crippen LogP contribution is 2.44. The van der Waals surface area contributed by atoms with Gasteiger partial charge in [0.2, 0.25) is 0 Å². The van der Waals surface area contributed by atoms with Crippen molar-refractivity contribution in [3.63, 3.8) is 0 Å². The van der Waals surface area contributed by atoms with Crippen LogP contribution in [0.4, 0.5) is 4.79 Å². The molecule has 2 bridgehead atoms. The normalized spacial score (nSPS) is 25.4. The molecule has 0 radical (unpaired) electrons. The van der Waals surface area contributed by atoms with Gasteiger partial charge in [-0.3, -0.25) is 4.90 Å². The maximum atomic E-state index is 13.1. The zero-order valence-corrected chi connectivity index (χ0v) is 16.5. The molecule has 5 rings (SSSR count). The number of fused-ring (bicyclic) bond motifs is 5. The second kappa shape index (κ2) is 7.81. The first-order valence-corrected chi connectivity index (χ1v) is 10.6. The zero-order chi connectivity index (χ0) is 19.8. The molecule has 2 saturated heterocycles. The summed E-state index contributed by atoms with van der Waals surface area (Å²) in [4.78, 5) is 15.0. The van der Waals surface area contributed by atoms with Crippen LogP contribution in [0, 0.1) is 5.92 Å². The van der Waals surface area contributed by atoms with Crippen LogP contribution in [0.5, 0.6) is 0 Å². The van der Waals surface area contributed by atoms with Crippen molar-refractivity contribution in [2.24, 2.45) is 5.92 Å². The Kier molecular flexibility index (Phi) is 5.02. The van der Waals surface area contributed by atoms with Crippen LogP contribution in [0.15, 0.2) is 48.5 Å². The summed E-state index contributed by atoms with van der Waals surface area (Å²) in [6.45, 7) is 1.67. The molecule has 3 aliphatic rings. The number of piperidine rings is 1. The van der Waals surface area contributed by atoms with Crippen LogP contribution >= 0.6 is 0 Å². The Morgan fingerprint density at radius 3 is 2.17 bits per heavy atom. The third kappa shape index (κ3) is 3.32. The summed E-state index contributed by atoms with van der Waals surface area (Å²) in [6, 6.07) is 16.9. The SMILES string of the molecule is O=C(OCC1c2ccccc2-c2ccccc21)N1C2COCC1CC(CCO)C2. The van der Waals surface area contributed by atoms with E-state index in [0.717, 1.165) is 19.3 Å². The third-order valence-electron chi connectivity index (χ3n) is 6.70. The summed E-state index contributed by atoms with van der Waals surface area (Å²) >= 11 is 0. The second-order valence-corrected chi connectivity index (χ2v) is 8.41. The number of carbonyl (C=O) groups excluding carboxylic acids is 1. The lowest BCUT2D eigenvalue weighted by molar-refractivity contribution is -0.0805. The highest BCUT2D eigenvalue weighted by molar-refractivity contribution is 5.79. The van der Waals surface area contributed by atoms with Crippen molar-refractivity contribution in [2.45, 2.75) is 37.3 Å². The van der Waals surface area contributed by atoms with Crippen LogP contribution in [0.2, 0.25) is 0 Å². The van der Waals surface area contributed by atoms with Crippen molar-refractivity contribution in [1.29, 1.82) is 0 Å². The van der Waals surface area contributed by atoms with Crippen LogP contribution in [-0.4, -0.2) is 54.6 Å². The molecule has 1 N–H and O–H groups in total. The van der Waals surface area contributed by atoms with E-state index in [-0.39, 0.29) is 30.7 Å².